The molecule has 6 bridgehead atoms. The normalized spacial score (nSPS) is 46.9. The van der Waals surface area contributed by atoms with Crippen molar-refractivity contribution in [1.82, 2.24) is 15.5 Å². The number of fused-ring (bicyclic) bond motifs is 3. The fraction of sp³-hybridized carbons (Fsp3) is 0.895. The quantitative estimate of drug-likeness (QED) is 0.747. The van der Waals surface area contributed by atoms with Gasteiger partial charge in [0.15, 0.2) is 6.54 Å². The number of urea groups is 1. The Balaban J connectivity index is 1.17. The number of nitrogens with one attached hydrogen (secondary N) is 2. The highest BCUT2D eigenvalue weighted by atomic mass is 16.2. The van der Waals surface area contributed by atoms with E-state index >= 15 is 0 Å². The third-order valence-electron chi connectivity index (χ3n) is 7.82. The first-order valence-corrected chi connectivity index (χ1v) is 10.2. The first kappa shape index (κ1) is 16.1. The van der Waals surface area contributed by atoms with E-state index in [1.54, 1.807) is 0 Å². The molecule has 0 spiro atoms. The fourth-order valence-corrected chi connectivity index (χ4v) is 6.98. The Morgan fingerprint density at radius 3 is 1.96 bits per heavy atom. The SMILES string of the molecule is O=C(C[N+]12CCN(CC1)CC2)NC(=O)NC12CC3CC(CC(C3)C1)C2. The predicted octanol–water partition coefficient (Wildman–Crippen LogP) is 0.927. The number of amides is 3. The Kier molecular flexibility index (Phi) is 3.65. The highest BCUT2D eigenvalue weighted by molar-refractivity contribution is 5.95. The van der Waals surface area contributed by atoms with Gasteiger partial charge in [-0.1, -0.05) is 0 Å². The minimum absolute atomic E-state index is 0.0254. The number of rotatable bonds is 3. The molecule has 2 N–H and O–H groups in total. The zero-order valence-corrected chi connectivity index (χ0v) is 15.1. The standard InChI is InChI=1S/C19H30N4O2/c24-17(13-23-4-1-22(2-5-23)3-6-23)20-18(25)21-19-10-14-7-15(11-19)9-16(8-14)12-19/h14-16H,1-13H2,(H-,20,21,24,25)/p+1. The third kappa shape index (κ3) is 2.97. The zero-order valence-electron chi connectivity index (χ0n) is 15.1. The van der Waals surface area contributed by atoms with E-state index in [1.165, 1.54) is 19.3 Å². The molecule has 138 valence electrons. The van der Waals surface area contributed by atoms with Crippen LogP contribution in [0.2, 0.25) is 0 Å². The fourth-order valence-electron chi connectivity index (χ4n) is 6.98. The summed E-state index contributed by atoms with van der Waals surface area (Å²) in [6, 6.07) is -0.249. The third-order valence-corrected chi connectivity index (χ3v) is 7.82. The van der Waals surface area contributed by atoms with E-state index in [1.807, 2.05) is 0 Å². The van der Waals surface area contributed by atoms with Gasteiger partial charge >= 0.3 is 6.03 Å². The molecule has 7 aliphatic rings. The molecule has 7 fully saturated rings. The van der Waals surface area contributed by atoms with Gasteiger partial charge in [-0.2, -0.15) is 0 Å². The van der Waals surface area contributed by atoms with Crippen molar-refractivity contribution in [2.45, 2.75) is 44.1 Å². The highest BCUT2D eigenvalue weighted by Crippen LogP contribution is 2.55. The van der Waals surface area contributed by atoms with Crippen LogP contribution in [0.1, 0.15) is 38.5 Å². The number of piperazine rings is 3. The van der Waals surface area contributed by atoms with E-state index in [0.29, 0.717) is 6.54 Å². The molecule has 0 aromatic rings. The molecule has 25 heavy (non-hydrogen) atoms. The number of nitrogens with zero attached hydrogens (tertiary/aromatic N) is 2. The lowest BCUT2D eigenvalue weighted by Crippen LogP contribution is -2.69. The Morgan fingerprint density at radius 1 is 0.920 bits per heavy atom. The maximum atomic E-state index is 12.5. The summed E-state index contributed by atoms with van der Waals surface area (Å²) in [5, 5.41) is 5.91. The summed E-state index contributed by atoms with van der Waals surface area (Å²) in [5.41, 5.74) is -0.0254. The molecule has 3 heterocycles. The van der Waals surface area contributed by atoms with Gasteiger partial charge in [-0.25, -0.2) is 4.79 Å². The molecule has 3 amide bonds. The molecule has 0 unspecified atom stereocenters. The number of carbonyl (C=O) groups is 2. The van der Waals surface area contributed by atoms with Crippen molar-refractivity contribution in [2.24, 2.45) is 17.8 Å². The summed E-state index contributed by atoms with van der Waals surface area (Å²) in [5.74, 6) is 2.29. The molecular formula is C19H31N4O2+. The molecule has 3 saturated heterocycles. The summed E-state index contributed by atoms with van der Waals surface area (Å²) in [6.45, 7) is 6.87. The van der Waals surface area contributed by atoms with Crippen molar-refractivity contribution in [3.63, 3.8) is 0 Å². The highest BCUT2D eigenvalue weighted by Gasteiger charge is 2.51. The second-order valence-corrected chi connectivity index (χ2v) is 9.71. The van der Waals surface area contributed by atoms with E-state index in [9.17, 15) is 9.59 Å². The Hall–Kier alpha value is -1.14. The second kappa shape index (κ2) is 5.68. The molecule has 7 rings (SSSR count). The van der Waals surface area contributed by atoms with Crippen molar-refractivity contribution < 1.29 is 14.1 Å². The van der Waals surface area contributed by atoms with Crippen molar-refractivity contribution in [2.75, 3.05) is 45.8 Å². The van der Waals surface area contributed by atoms with E-state index < -0.39 is 0 Å². The first-order valence-electron chi connectivity index (χ1n) is 10.2. The van der Waals surface area contributed by atoms with Crippen LogP contribution in [-0.2, 0) is 4.79 Å². The summed E-state index contributed by atoms with van der Waals surface area (Å²) >= 11 is 0. The lowest BCUT2D eigenvalue weighted by Gasteiger charge is -2.56. The molecule has 0 aromatic carbocycles. The first-order chi connectivity index (χ1) is 12.0. The Labute approximate surface area is 149 Å². The minimum Gasteiger partial charge on any atom is -0.332 e. The van der Waals surface area contributed by atoms with Crippen molar-refractivity contribution >= 4 is 11.9 Å². The molecule has 0 aromatic heterocycles. The number of quaternary nitrogens is 1. The monoisotopic (exact) mass is 347 g/mol. The topological polar surface area (TPSA) is 61.4 Å². The van der Waals surface area contributed by atoms with Crippen LogP contribution in [0.4, 0.5) is 4.79 Å². The van der Waals surface area contributed by atoms with Crippen LogP contribution in [0.3, 0.4) is 0 Å². The average molecular weight is 347 g/mol. The van der Waals surface area contributed by atoms with Gasteiger partial charge in [-0.15, -0.1) is 0 Å². The molecule has 0 radical (unpaired) electrons. The Morgan fingerprint density at radius 2 is 1.44 bits per heavy atom. The molecule has 4 aliphatic carbocycles. The van der Waals surface area contributed by atoms with Gasteiger partial charge in [-0.3, -0.25) is 15.0 Å². The summed E-state index contributed by atoms with van der Waals surface area (Å²) in [7, 11) is 0. The lowest BCUT2D eigenvalue weighted by molar-refractivity contribution is -0.933. The smallest absolute Gasteiger partial charge is 0.322 e. The van der Waals surface area contributed by atoms with Gasteiger partial charge in [0.1, 0.15) is 0 Å². The number of hydrogen-bond donors (Lipinski definition) is 2. The molecule has 6 nitrogen and oxygen atoms in total. The van der Waals surface area contributed by atoms with E-state index in [0.717, 1.165) is 80.8 Å². The molecule has 0 atom stereocenters. The lowest BCUT2D eigenvalue weighted by atomic mass is 9.53. The van der Waals surface area contributed by atoms with Gasteiger partial charge in [0, 0.05) is 25.2 Å². The van der Waals surface area contributed by atoms with E-state index in [-0.39, 0.29) is 17.5 Å². The maximum Gasteiger partial charge on any atom is 0.322 e. The maximum absolute atomic E-state index is 12.5. The van der Waals surface area contributed by atoms with Gasteiger partial charge < -0.3 is 9.80 Å². The summed E-state index contributed by atoms with van der Waals surface area (Å²) < 4.78 is 0.868. The summed E-state index contributed by atoms with van der Waals surface area (Å²) in [6.07, 6.45) is 7.44. The molecular weight excluding hydrogens is 316 g/mol. The average Bonchev–Trinajstić information content (AvgIpc) is 2.53. The summed E-state index contributed by atoms with van der Waals surface area (Å²) in [4.78, 5) is 27.5. The van der Waals surface area contributed by atoms with Crippen molar-refractivity contribution in [3.8, 4) is 0 Å². The van der Waals surface area contributed by atoms with Gasteiger partial charge in [0.25, 0.3) is 5.91 Å². The zero-order chi connectivity index (χ0) is 17.1. The van der Waals surface area contributed by atoms with Gasteiger partial charge in [0.2, 0.25) is 0 Å². The molecule has 4 saturated carbocycles. The van der Waals surface area contributed by atoms with E-state index in [2.05, 4.69) is 15.5 Å². The largest absolute Gasteiger partial charge is 0.332 e. The van der Waals surface area contributed by atoms with Gasteiger partial charge in [0.05, 0.1) is 19.6 Å². The van der Waals surface area contributed by atoms with Crippen molar-refractivity contribution in [1.29, 1.82) is 0 Å². The number of imide groups is 1. The van der Waals surface area contributed by atoms with Crippen LogP contribution in [0.15, 0.2) is 0 Å². The van der Waals surface area contributed by atoms with Crippen LogP contribution in [0.25, 0.3) is 0 Å². The van der Waals surface area contributed by atoms with Crippen LogP contribution < -0.4 is 10.6 Å². The van der Waals surface area contributed by atoms with Crippen LogP contribution in [0.5, 0.6) is 0 Å². The van der Waals surface area contributed by atoms with Crippen molar-refractivity contribution in [3.05, 3.63) is 0 Å². The van der Waals surface area contributed by atoms with Crippen LogP contribution >= 0.6 is 0 Å². The number of carbonyl (C=O) groups excluding carboxylic acids is 2. The van der Waals surface area contributed by atoms with E-state index in [4.69, 9.17) is 0 Å². The van der Waals surface area contributed by atoms with Crippen LogP contribution in [-0.4, -0.2) is 72.7 Å². The Bertz CT molecular complexity index is 533. The minimum atomic E-state index is -0.249. The molecule has 6 heteroatoms. The van der Waals surface area contributed by atoms with Gasteiger partial charge in [-0.05, 0) is 56.3 Å². The van der Waals surface area contributed by atoms with Crippen LogP contribution in [0, 0.1) is 17.8 Å². The second-order valence-electron chi connectivity index (χ2n) is 9.71. The number of hydrogen-bond acceptors (Lipinski definition) is 3. The molecule has 3 aliphatic heterocycles. The predicted molar refractivity (Wildman–Crippen MR) is 93.7 cm³/mol.